The van der Waals surface area contributed by atoms with Gasteiger partial charge in [0, 0.05) is 17.7 Å². The summed E-state index contributed by atoms with van der Waals surface area (Å²) in [6.07, 6.45) is 0. The fourth-order valence-electron chi connectivity index (χ4n) is 2.40. The molecule has 0 saturated carbocycles. The number of benzene rings is 3. The lowest BCUT2D eigenvalue weighted by Gasteiger charge is -2.07. The number of hydrogen-bond donors (Lipinski definition) is 1. The van der Waals surface area contributed by atoms with Crippen LogP contribution in [0.3, 0.4) is 0 Å². The van der Waals surface area contributed by atoms with E-state index in [4.69, 9.17) is 9.57 Å². The van der Waals surface area contributed by atoms with Crippen LogP contribution < -0.4 is 10.2 Å². The SMILES string of the molecule is COc1cccc(C(=O)ONc2ccc(N=NC(=O)c3ccc([N+](=O)[O-])cc3)cc2)c1. The van der Waals surface area contributed by atoms with Crippen molar-refractivity contribution in [3.05, 3.63) is 94.0 Å². The molecule has 0 aliphatic heterocycles. The predicted molar refractivity (Wildman–Crippen MR) is 110 cm³/mol. The maximum absolute atomic E-state index is 12.1. The average molecular weight is 420 g/mol. The lowest BCUT2D eigenvalue weighted by Crippen LogP contribution is -2.10. The summed E-state index contributed by atoms with van der Waals surface area (Å²) < 4.78 is 5.07. The molecule has 3 rings (SSSR count). The highest BCUT2D eigenvalue weighted by Gasteiger charge is 2.10. The van der Waals surface area contributed by atoms with Gasteiger partial charge in [0.2, 0.25) is 0 Å². The largest absolute Gasteiger partial charge is 0.497 e. The van der Waals surface area contributed by atoms with E-state index in [0.29, 0.717) is 22.7 Å². The topological polar surface area (TPSA) is 132 Å². The lowest BCUT2D eigenvalue weighted by atomic mass is 10.2. The molecule has 0 radical (unpaired) electrons. The highest BCUT2D eigenvalue weighted by Crippen LogP contribution is 2.19. The van der Waals surface area contributed by atoms with Gasteiger partial charge in [-0.25, -0.2) is 10.3 Å². The Kier molecular flexibility index (Phi) is 6.64. The standard InChI is InChI=1S/C21H16N4O6/c1-30-19-4-2-3-15(13-19)21(27)31-24-17-9-7-16(8-10-17)22-23-20(26)14-5-11-18(12-6-14)25(28)29/h2-13,24H,1H3. The molecule has 0 aromatic heterocycles. The Balaban J connectivity index is 1.56. The van der Waals surface area contributed by atoms with E-state index in [2.05, 4.69) is 15.7 Å². The van der Waals surface area contributed by atoms with Crippen LogP contribution in [0.1, 0.15) is 20.7 Å². The van der Waals surface area contributed by atoms with Crippen molar-refractivity contribution in [3.8, 4) is 5.75 Å². The van der Waals surface area contributed by atoms with Gasteiger partial charge in [0.25, 0.3) is 11.6 Å². The van der Waals surface area contributed by atoms with Crippen LogP contribution in [0.4, 0.5) is 17.1 Å². The van der Waals surface area contributed by atoms with Crippen LogP contribution in [0.5, 0.6) is 5.75 Å². The molecule has 0 aliphatic rings. The Bertz CT molecular complexity index is 1130. The van der Waals surface area contributed by atoms with Crippen LogP contribution in [0.15, 0.2) is 83.0 Å². The second-order valence-electron chi connectivity index (χ2n) is 6.08. The number of hydrogen-bond acceptors (Lipinski definition) is 8. The van der Waals surface area contributed by atoms with Gasteiger partial charge in [-0.15, -0.1) is 10.2 Å². The monoisotopic (exact) mass is 420 g/mol. The number of amides is 1. The first-order chi connectivity index (χ1) is 15.0. The number of nitrogens with one attached hydrogen (secondary N) is 1. The van der Waals surface area contributed by atoms with E-state index in [1.54, 1.807) is 48.5 Å². The van der Waals surface area contributed by atoms with Crippen molar-refractivity contribution in [2.24, 2.45) is 10.2 Å². The van der Waals surface area contributed by atoms with Gasteiger partial charge in [-0.2, -0.15) is 0 Å². The van der Waals surface area contributed by atoms with Crippen molar-refractivity contribution >= 4 is 28.9 Å². The van der Waals surface area contributed by atoms with Gasteiger partial charge in [0.1, 0.15) is 5.75 Å². The number of non-ortho nitro benzene ring substituents is 1. The van der Waals surface area contributed by atoms with Crippen LogP contribution in [0.25, 0.3) is 0 Å². The predicted octanol–water partition coefficient (Wildman–Crippen LogP) is 4.71. The Morgan fingerprint density at radius 3 is 2.32 bits per heavy atom. The van der Waals surface area contributed by atoms with Gasteiger partial charge in [-0.05, 0) is 54.6 Å². The summed E-state index contributed by atoms with van der Waals surface area (Å²) in [5.41, 5.74) is 3.78. The summed E-state index contributed by atoms with van der Waals surface area (Å²) in [6.45, 7) is 0. The fraction of sp³-hybridized carbons (Fsp3) is 0.0476. The van der Waals surface area contributed by atoms with Crippen molar-refractivity contribution in [1.29, 1.82) is 0 Å². The molecule has 0 unspecified atom stereocenters. The minimum absolute atomic E-state index is 0.122. The van der Waals surface area contributed by atoms with E-state index in [1.165, 1.54) is 31.4 Å². The number of nitrogens with zero attached hydrogens (tertiary/aromatic N) is 3. The number of rotatable bonds is 7. The summed E-state index contributed by atoms with van der Waals surface area (Å²) in [4.78, 5) is 39.2. The molecule has 0 spiro atoms. The molecule has 3 aromatic carbocycles. The van der Waals surface area contributed by atoms with Gasteiger partial charge in [0.15, 0.2) is 0 Å². The van der Waals surface area contributed by atoms with Crippen LogP contribution in [-0.2, 0) is 4.84 Å². The number of carbonyl (C=O) groups is 2. The quantitative estimate of drug-likeness (QED) is 0.332. The number of nitro benzene ring substituents is 1. The van der Waals surface area contributed by atoms with Crippen molar-refractivity contribution in [2.45, 2.75) is 0 Å². The number of azo groups is 1. The molecular formula is C21H16N4O6. The van der Waals surface area contributed by atoms with Crippen molar-refractivity contribution < 1.29 is 24.1 Å². The molecule has 31 heavy (non-hydrogen) atoms. The molecule has 0 fully saturated rings. The number of ether oxygens (including phenoxy) is 1. The van der Waals surface area contributed by atoms with E-state index in [1.807, 2.05) is 0 Å². The summed E-state index contributed by atoms with van der Waals surface area (Å²) in [7, 11) is 1.50. The third kappa shape index (κ3) is 5.70. The van der Waals surface area contributed by atoms with E-state index in [0.717, 1.165) is 0 Å². The Labute approximate surface area is 176 Å². The zero-order valence-corrected chi connectivity index (χ0v) is 16.2. The summed E-state index contributed by atoms with van der Waals surface area (Å²) in [5, 5.41) is 18.1. The lowest BCUT2D eigenvalue weighted by molar-refractivity contribution is -0.384. The Morgan fingerprint density at radius 2 is 1.68 bits per heavy atom. The number of carbonyl (C=O) groups excluding carboxylic acids is 2. The third-order valence-electron chi connectivity index (χ3n) is 4.02. The van der Waals surface area contributed by atoms with E-state index in [9.17, 15) is 19.7 Å². The molecule has 156 valence electrons. The van der Waals surface area contributed by atoms with Gasteiger partial charge >= 0.3 is 5.97 Å². The highest BCUT2D eigenvalue weighted by atomic mass is 16.7. The average Bonchev–Trinajstić information content (AvgIpc) is 2.81. The van der Waals surface area contributed by atoms with E-state index < -0.39 is 16.8 Å². The third-order valence-corrected chi connectivity index (χ3v) is 4.02. The van der Waals surface area contributed by atoms with Gasteiger partial charge in [-0.1, -0.05) is 6.07 Å². The molecule has 0 aliphatic carbocycles. The first-order valence-electron chi connectivity index (χ1n) is 8.88. The Hall–Kier alpha value is -4.60. The zero-order chi connectivity index (χ0) is 22.2. The van der Waals surface area contributed by atoms with E-state index in [-0.39, 0.29) is 11.3 Å². The van der Waals surface area contributed by atoms with E-state index >= 15 is 0 Å². The van der Waals surface area contributed by atoms with Crippen LogP contribution in [0.2, 0.25) is 0 Å². The minimum atomic E-state index is -0.635. The molecule has 10 nitrogen and oxygen atoms in total. The molecule has 10 heteroatoms. The van der Waals surface area contributed by atoms with Crippen LogP contribution in [-0.4, -0.2) is 23.9 Å². The molecule has 0 heterocycles. The molecule has 0 bridgehead atoms. The Morgan fingerprint density at radius 1 is 0.968 bits per heavy atom. The normalized spacial score (nSPS) is 10.5. The van der Waals surface area contributed by atoms with Gasteiger partial charge < -0.3 is 9.57 Å². The van der Waals surface area contributed by atoms with Crippen LogP contribution >= 0.6 is 0 Å². The molecular weight excluding hydrogens is 404 g/mol. The fourth-order valence-corrected chi connectivity index (χ4v) is 2.40. The first-order valence-corrected chi connectivity index (χ1v) is 8.88. The summed E-state index contributed by atoms with van der Waals surface area (Å²) in [5.74, 6) is -0.687. The number of anilines is 1. The second kappa shape index (κ2) is 9.74. The summed E-state index contributed by atoms with van der Waals surface area (Å²) >= 11 is 0. The van der Waals surface area contributed by atoms with Gasteiger partial charge in [0.05, 0.1) is 29.0 Å². The molecule has 1 amide bonds. The second-order valence-corrected chi connectivity index (χ2v) is 6.08. The molecule has 0 atom stereocenters. The maximum atomic E-state index is 12.1. The molecule has 1 N–H and O–H groups in total. The number of nitro groups is 1. The van der Waals surface area contributed by atoms with Crippen LogP contribution in [0, 0.1) is 10.1 Å². The minimum Gasteiger partial charge on any atom is -0.497 e. The number of methoxy groups -OCH3 is 1. The smallest absolute Gasteiger partial charge is 0.362 e. The zero-order valence-electron chi connectivity index (χ0n) is 16.2. The molecule has 3 aromatic rings. The molecule has 0 saturated heterocycles. The van der Waals surface area contributed by atoms with Crippen molar-refractivity contribution in [1.82, 2.24) is 0 Å². The highest BCUT2D eigenvalue weighted by molar-refractivity contribution is 5.94. The maximum Gasteiger partial charge on any atom is 0.362 e. The summed E-state index contributed by atoms with van der Waals surface area (Å²) in [6, 6.07) is 17.9. The van der Waals surface area contributed by atoms with Gasteiger partial charge in [-0.3, -0.25) is 14.9 Å². The van der Waals surface area contributed by atoms with Crippen molar-refractivity contribution in [2.75, 3.05) is 12.6 Å². The van der Waals surface area contributed by atoms with Crippen molar-refractivity contribution in [3.63, 3.8) is 0 Å². The first kappa shape index (κ1) is 21.1.